The van der Waals surface area contributed by atoms with Gasteiger partial charge in [-0.3, -0.25) is 4.79 Å². The molecule has 0 spiro atoms. The number of esters is 3. The van der Waals surface area contributed by atoms with Crippen molar-refractivity contribution in [2.45, 2.75) is 13.8 Å². The number of ether oxygens (including phenoxy) is 4. The quantitative estimate of drug-likeness (QED) is 0.502. The molecule has 0 aliphatic heterocycles. The second-order valence-corrected chi connectivity index (χ2v) is 6.53. The fourth-order valence-electron chi connectivity index (χ4n) is 2.50. The number of rotatable bonds is 8. The number of benzene rings is 2. The zero-order valence-electron chi connectivity index (χ0n) is 17.6. The molecule has 31 heavy (non-hydrogen) atoms. The number of methoxy groups -OCH3 is 2. The van der Waals surface area contributed by atoms with Crippen LogP contribution in [-0.4, -0.2) is 51.2 Å². The summed E-state index contributed by atoms with van der Waals surface area (Å²) in [4.78, 5) is 47.5. The van der Waals surface area contributed by atoms with Gasteiger partial charge < -0.3 is 24.3 Å². The van der Waals surface area contributed by atoms with Crippen LogP contribution in [0.5, 0.6) is 5.75 Å². The van der Waals surface area contributed by atoms with E-state index in [1.165, 1.54) is 32.4 Å². The van der Waals surface area contributed by atoms with Gasteiger partial charge in [-0.15, -0.1) is 0 Å². The van der Waals surface area contributed by atoms with Crippen LogP contribution in [0.3, 0.4) is 0 Å². The first kappa shape index (κ1) is 23.4. The summed E-state index contributed by atoms with van der Waals surface area (Å²) in [5.41, 5.74) is 2.33. The molecule has 2 aromatic carbocycles. The molecule has 1 amide bonds. The van der Waals surface area contributed by atoms with Crippen molar-refractivity contribution in [1.82, 2.24) is 0 Å². The number of nitrogens with one attached hydrogen (secondary N) is 1. The fourth-order valence-corrected chi connectivity index (χ4v) is 2.50. The van der Waals surface area contributed by atoms with Crippen molar-refractivity contribution in [2.75, 3.05) is 32.8 Å². The zero-order chi connectivity index (χ0) is 23.0. The van der Waals surface area contributed by atoms with Gasteiger partial charge in [0.05, 0.1) is 25.3 Å². The number of carbonyl (C=O) groups is 4. The summed E-state index contributed by atoms with van der Waals surface area (Å²) in [6, 6.07) is 9.31. The smallest absolute Gasteiger partial charge is 0.344 e. The second-order valence-electron chi connectivity index (χ2n) is 6.53. The van der Waals surface area contributed by atoms with E-state index in [9.17, 15) is 19.2 Å². The fraction of sp³-hybridized carbons (Fsp3) is 0.273. The van der Waals surface area contributed by atoms with Crippen LogP contribution in [0.1, 0.15) is 31.8 Å². The van der Waals surface area contributed by atoms with Crippen LogP contribution in [-0.2, 0) is 23.8 Å². The third-order valence-electron chi connectivity index (χ3n) is 4.26. The van der Waals surface area contributed by atoms with E-state index in [2.05, 4.69) is 14.8 Å². The Bertz CT molecular complexity index is 965. The topological polar surface area (TPSA) is 117 Å². The molecule has 2 aromatic rings. The van der Waals surface area contributed by atoms with Crippen LogP contribution in [0.15, 0.2) is 36.4 Å². The SMILES string of the molecule is COC(=O)c1cc(NC(=O)COC(=O)COc2ccc(C)c(C)c2)cc(C(=O)OC)c1. The van der Waals surface area contributed by atoms with Gasteiger partial charge >= 0.3 is 17.9 Å². The standard InChI is InChI=1S/C22H23NO8/c1-13-5-6-18(7-14(13)2)30-12-20(25)31-11-19(24)23-17-9-15(21(26)28-3)8-16(10-17)22(27)29-4/h5-10H,11-12H2,1-4H3,(H,23,24). The Morgan fingerprint density at radius 1 is 0.806 bits per heavy atom. The molecule has 0 saturated carbocycles. The molecule has 164 valence electrons. The van der Waals surface area contributed by atoms with Crippen molar-refractivity contribution in [3.8, 4) is 5.75 Å². The number of anilines is 1. The maximum Gasteiger partial charge on any atom is 0.344 e. The molecule has 9 nitrogen and oxygen atoms in total. The van der Waals surface area contributed by atoms with Crippen molar-refractivity contribution in [3.63, 3.8) is 0 Å². The maximum absolute atomic E-state index is 12.1. The van der Waals surface area contributed by atoms with Crippen LogP contribution in [0.2, 0.25) is 0 Å². The number of hydrogen-bond donors (Lipinski definition) is 1. The van der Waals surface area contributed by atoms with Gasteiger partial charge in [0.2, 0.25) is 0 Å². The molecule has 0 aliphatic carbocycles. The van der Waals surface area contributed by atoms with Crippen molar-refractivity contribution in [1.29, 1.82) is 0 Å². The highest BCUT2D eigenvalue weighted by molar-refractivity contribution is 6.00. The summed E-state index contributed by atoms with van der Waals surface area (Å²) in [6.07, 6.45) is 0. The number of aryl methyl sites for hydroxylation is 2. The molecule has 9 heteroatoms. The summed E-state index contributed by atoms with van der Waals surface area (Å²) < 4.78 is 19.5. The lowest BCUT2D eigenvalue weighted by atomic mass is 10.1. The number of hydrogen-bond acceptors (Lipinski definition) is 8. The molecular weight excluding hydrogens is 406 g/mol. The molecule has 1 N–H and O–H groups in total. The van der Waals surface area contributed by atoms with Crippen LogP contribution in [0.25, 0.3) is 0 Å². The van der Waals surface area contributed by atoms with Gasteiger partial charge in [0.25, 0.3) is 5.91 Å². The van der Waals surface area contributed by atoms with E-state index in [4.69, 9.17) is 9.47 Å². The Labute approximate surface area is 179 Å². The highest BCUT2D eigenvalue weighted by atomic mass is 16.6. The van der Waals surface area contributed by atoms with Gasteiger partial charge in [0.1, 0.15) is 5.75 Å². The predicted octanol–water partition coefficient (Wildman–Crippen LogP) is 2.44. The van der Waals surface area contributed by atoms with Crippen LogP contribution >= 0.6 is 0 Å². The van der Waals surface area contributed by atoms with E-state index in [0.717, 1.165) is 11.1 Å². The molecule has 2 rings (SSSR count). The van der Waals surface area contributed by atoms with E-state index in [0.29, 0.717) is 5.75 Å². The molecule has 0 heterocycles. The molecule has 0 unspecified atom stereocenters. The van der Waals surface area contributed by atoms with Crippen LogP contribution in [0.4, 0.5) is 5.69 Å². The van der Waals surface area contributed by atoms with E-state index in [1.54, 1.807) is 12.1 Å². The molecule has 0 atom stereocenters. The maximum atomic E-state index is 12.1. The molecule has 0 radical (unpaired) electrons. The van der Waals surface area contributed by atoms with Crippen molar-refractivity contribution >= 4 is 29.5 Å². The molecule has 0 bridgehead atoms. The Morgan fingerprint density at radius 3 is 1.97 bits per heavy atom. The summed E-state index contributed by atoms with van der Waals surface area (Å²) in [5, 5.41) is 2.45. The van der Waals surface area contributed by atoms with Crippen LogP contribution < -0.4 is 10.1 Å². The molecule has 0 aliphatic rings. The van der Waals surface area contributed by atoms with Crippen molar-refractivity contribution in [2.24, 2.45) is 0 Å². The highest BCUT2D eigenvalue weighted by Crippen LogP contribution is 2.18. The average molecular weight is 429 g/mol. The molecule has 0 aromatic heterocycles. The highest BCUT2D eigenvalue weighted by Gasteiger charge is 2.16. The Morgan fingerprint density at radius 2 is 1.42 bits per heavy atom. The average Bonchev–Trinajstić information content (AvgIpc) is 2.77. The van der Waals surface area contributed by atoms with E-state index in [-0.39, 0.29) is 23.4 Å². The number of amides is 1. The van der Waals surface area contributed by atoms with Crippen LogP contribution in [0, 0.1) is 13.8 Å². The van der Waals surface area contributed by atoms with Gasteiger partial charge in [-0.25, -0.2) is 14.4 Å². The minimum atomic E-state index is -0.730. The van der Waals surface area contributed by atoms with E-state index >= 15 is 0 Å². The normalized spacial score (nSPS) is 10.1. The van der Waals surface area contributed by atoms with Gasteiger partial charge in [0, 0.05) is 5.69 Å². The lowest BCUT2D eigenvalue weighted by molar-refractivity contribution is -0.149. The summed E-state index contributed by atoms with van der Waals surface area (Å²) >= 11 is 0. The Balaban J connectivity index is 1.93. The second kappa shape index (κ2) is 10.8. The Hall–Kier alpha value is -3.88. The Kier molecular flexibility index (Phi) is 8.13. The van der Waals surface area contributed by atoms with E-state index in [1.807, 2.05) is 19.9 Å². The van der Waals surface area contributed by atoms with Gasteiger partial charge in [-0.2, -0.15) is 0 Å². The number of carbonyl (C=O) groups excluding carboxylic acids is 4. The first-order chi connectivity index (χ1) is 14.7. The zero-order valence-corrected chi connectivity index (χ0v) is 17.6. The van der Waals surface area contributed by atoms with Crippen molar-refractivity contribution in [3.05, 3.63) is 58.7 Å². The van der Waals surface area contributed by atoms with Gasteiger partial charge in [0.15, 0.2) is 13.2 Å². The summed E-state index contributed by atoms with van der Waals surface area (Å²) in [5.74, 6) is -2.28. The van der Waals surface area contributed by atoms with Gasteiger partial charge in [-0.1, -0.05) is 6.07 Å². The third-order valence-corrected chi connectivity index (χ3v) is 4.26. The lowest BCUT2D eigenvalue weighted by Crippen LogP contribution is -2.24. The predicted molar refractivity (Wildman–Crippen MR) is 110 cm³/mol. The lowest BCUT2D eigenvalue weighted by Gasteiger charge is -2.10. The van der Waals surface area contributed by atoms with Gasteiger partial charge in [-0.05, 0) is 55.3 Å². The summed E-state index contributed by atoms with van der Waals surface area (Å²) in [7, 11) is 2.37. The van der Waals surface area contributed by atoms with Crippen molar-refractivity contribution < 1.29 is 38.1 Å². The van der Waals surface area contributed by atoms with E-state index < -0.39 is 30.4 Å². The third kappa shape index (κ3) is 6.84. The monoisotopic (exact) mass is 429 g/mol. The molecule has 0 saturated heterocycles. The molecule has 0 fully saturated rings. The minimum Gasteiger partial charge on any atom is -0.482 e. The molecular formula is C22H23NO8. The first-order valence-electron chi connectivity index (χ1n) is 9.20. The summed E-state index contributed by atoms with van der Waals surface area (Å²) in [6.45, 7) is 2.94. The largest absolute Gasteiger partial charge is 0.482 e. The minimum absolute atomic E-state index is 0.0412. The first-order valence-corrected chi connectivity index (χ1v) is 9.20.